The van der Waals surface area contributed by atoms with Crippen LogP contribution in [0.1, 0.15) is 18.1 Å². The van der Waals surface area contributed by atoms with Crippen LogP contribution in [0.4, 0.5) is 0 Å². The second-order valence-corrected chi connectivity index (χ2v) is 6.52. The van der Waals surface area contributed by atoms with Crippen LogP contribution in [0.25, 0.3) is 0 Å². The van der Waals surface area contributed by atoms with Gasteiger partial charge in [0.25, 0.3) is 0 Å². The summed E-state index contributed by atoms with van der Waals surface area (Å²) in [5, 5.41) is 14.1. The fourth-order valence-electron chi connectivity index (χ4n) is 2.03. The molecule has 3 nitrogen and oxygen atoms in total. The van der Waals surface area contributed by atoms with Crippen LogP contribution >= 0.6 is 34.8 Å². The second kappa shape index (κ2) is 8.76. The van der Waals surface area contributed by atoms with Gasteiger partial charge in [-0.15, -0.1) is 0 Å². The van der Waals surface area contributed by atoms with Crippen LogP contribution in [0.5, 0.6) is 5.75 Å². The Labute approximate surface area is 151 Å². The molecular weight excluding hydrogens is 357 g/mol. The highest BCUT2D eigenvalue weighted by Gasteiger charge is 2.07. The van der Waals surface area contributed by atoms with E-state index in [0.29, 0.717) is 34.8 Å². The second-order valence-electron chi connectivity index (χ2n) is 5.27. The van der Waals surface area contributed by atoms with Gasteiger partial charge in [-0.1, -0.05) is 40.9 Å². The maximum Gasteiger partial charge on any atom is 0.124 e. The summed E-state index contributed by atoms with van der Waals surface area (Å²) in [5.41, 5.74) is 1.86. The topological polar surface area (TPSA) is 41.5 Å². The smallest absolute Gasteiger partial charge is 0.124 e. The van der Waals surface area contributed by atoms with Crippen LogP contribution in [-0.4, -0.2) is 17.8 Å². The molecule has 0 saturated heterocycles. The molecule has 0 aliphatic carbocycles. The predicted molar refractivity (Wildman–Crippen MR) is 95.6 cm³/mol. The molecule has 0 saturated carbocycles. The van der Waals surface area contributed by atoms with E-state index >= 15 is 0 Å². The quantitative estimate of drug-likeness (QED) is 0.738. The van der Waals surface area contributed by atoms with Crippen molar-refractivity contribution >= 4 is 34.8 Å². The third-order valence-electron chi connectivity index (χ3n) is 3.16. The standard InChI is InChI=1S/C17H18Cl3NO2/c1-11(22)8-21-9-13-7-14(18)3-5-17(13)23-10-12-2-4-15(19)16(20)6-12/h2-7,11,21-22H,8-10H2,1H3/t11-/m0/s1. The number of rotatable bonds is 7. The highest BCUT2D eigenvalue weighted by atomic mass is 35.5. The zero-order valence-electron chi connectivity index (χ0n) is 12.7. The molecule has 2 rings (SSSR count). The normalized spacial score (nSPS) is 12.2. The van der Waals surface area contributed by atoms with Gasteiger partial charge in [-0.3, -0.25) is 0 Å². The maximum atomic E-state index is 9.31. The maximum absolute atomic E-state index is 9.31. The third-order valence-corrected chi connectivity index (χ3v) is 4.13. The van der Waals surface area contributed by atoms with Crippen molar-refractivity contribution in [2.75, 3.05) is 6.54 Å². The fourth-order valence-corrected chi connectivity index (χ4v) is 2.55. The first-order valence-electron chi connectivity index (χ1n) is 7.19. The highest BCUT2D eigenvalue weighted by Crippen LogP contribution is 2.26. The Hall–Kier alpha value is -0.970. The molecule has 0 fully saturated rings. The third kappa shape index (κ3) is 5.87. The highest BCUT2D eigenvalue weighted by molar-refractivity contribution is 6.42. The van der Waals surface area contributed by atoms with Gasteiger partial charge in [-0.2, -0.15) is 0 Å². The van der Waals surface area contributed by atoms with E-state index in [2.05, 4.69) is 5.32 Å². The number of aliphatic hydroxyl groups is 1. The largest absolute Gasteiger partial charge is 0.489 e. The minimum absolute atomic E-state index is 0.377. The molecule has 124 valence electrons. The van der Waals surface area contributed by atoms with E-state index in [1.54, 1.807) is 25.1 Å². The van der Waals surface area contributed by atoms with Gasteiger partial charge in [0.15, 0.2) is 0 Å². The van der Waals surface area contributed by atoms with Gasteiger partial charge < -0.3 is 15.2 Å². The Morgan fingerprint density at radius 2 is 1.87 bits per heavy atom. The summed E-state index contributed by atoms with van der Waals surface area (Å²) < 4.78 is 5.87. The lowest BCUT2D eigenvalue weighted by Gasteiger charge is -2.14. The first kappa shape index (κ1) is 18.4. The van der Waals surface area contributed by atoms with Gasteiger partial charge in [-0.05, 0) is 42.8 Å². The Bertz CT molecular complexity index is 662. The number of aliphatic hydroxyl groups excluding tert-OH is 1. The lowest BCUT2D eigenvalue weighted by atomic mass is 10.2. The number of halogens is 3. The number of hydrogen-bond acceptors (Lipinski definition) is 3. The molecule has 0 aliphatic rings. The Balaban J connectivity index is 2.04. The average Bonchev–Trinajstić information content (AvgIpc) is 2.49. The monoisotopic (exact) mass is 373 g/mol. The molecule has 0 heterocycles. The molecule has 6 heteroatoms. The van der Waals surface area contributed by atoms with E-state index in [1.165, 1.54) is 0 Å². The van der Waals surface area contributed by atoms with Gasteiger partial charge >= 0.3 is 0 Å². The Morgan fingerprint density at radius 1 is 1.09 bits per heavy atom. The molecule has 2 aromatic carbocycles. The van der Waals surface area contributed by atoms with Crippen molar-refractivity contribution in [3.05, 3.63) is 62.6 Å². The molecule has 0 amide bonds. The van der Waals surface area contributed by atoms with Crippen LogP contribution in [0, 0.1) is 0 Å². The average molecular weight is 375 g/mol. The first-order valence-corrected chi connectivity index (χ1v) is 8.33. The summed E-state index contributed by atoms with van der Waals surface area (Å²) in [5.74, 6) is 0.735. The van der Waals surface area contributed by atoms with E-state index in [9.17, 15) is 5.11 Å². The number of benzene rings is 2. The summed E-state index contributed by atoms with van der Waals surface area (Å²) in [6, 6.07) is 10.9. The summed E-state index contributed by atoms with van der Waals surface area (Å²) in [6.45, 7) is 3.16. The lowest BCUT2D eigenvalue weighted by Crippen LogP contribution is -2.24. The summed E-state index contributed by atoms with van der Waals surface area (Å²) in [6.07, 6.45) is -0.408. The van der Waals surface area contributed by atoms with Crippen molar-refractivity contribution in [1.82, 2.24) is 5.32 Å². The molecule has 0 radical (unpaired) electrons. The molecule has 0 aromatic heterocycles. The first-order chi connectivity index (χ1) is 11.0. The van der Waals surface area contributed by atoms with Crippen LogP contribution in [0.15, 0.2) is 36.4 Å². The molecule has 1 atom stereocenters. The van der Waals surface area contributed by atoms with Gasteiger partial charge in [0, 0.05) is 23.7 Å². The Morgan fingerprint density at radius 3 is 2.57 bits per heavy atom. The van der Waals surface area contributed by atoms with Crippen LogP contribution in [0.3, 0.4) is 0 Å². The van der Waals surface area contributed by atoms with Gasteiger partial charge in [0.2, 0.25) is 0 Å². The van der Waals surface area contributed by atoms with E-state index in [4.69, 9.17) is 39.5 Å². The zero-order valence-corrected chi connectivity index (χ0v) is 14.9. The molecule has 2 N–H and O–H groups in total. The SMILES string of the molecule is C[C@H](O)CNCc1cc(Cl)ccc1OCc1ccc(Cl)c(Cl)c1. The fraction of sp³-hybridized carbons (Fsp3) is 0.294. The summed E-state index contributed by atoms with van der Waals surface area (Å²) >= 11 is 18.0. The van der Waals surface area contributed by atoms with Crippen molar-refractivity contribution in [3.8, 4) is 5.75 Å². The minimum atomic E-state index is -0.408. The molecule has 0 spiro atoms. The van der Waals surface area contributed by atoms with Crippen molar-refractivity contribution in [2.45, 2.75) is 26.2 Å². The van der Waals surface area contributed by atoms with Gasteiger partial charge in [-0.25, -0.2) is 0 Å². The number of ether oxygens (including phenoxy) is 1. The van der Waals surface area contributed by atoms with Crippen molar-refractivity contribution in [1.29, 1.82) is 0 Å². The summed E-state index contributed by atoms with van der Waals surface area (Å²) in [7, 11) is 0. The molecule has 23 heavy (non-hydrogen) atoms. The van der Waals surface area contributed by atoms with E-state index in [1.807, 2.05) is 18.2 Å². The van der Waals surface area contributed by atoms with Gasteiger partial charge in [0.1, 0.15) is 12.4 Å². The van der Waals surface area contributed by atoms with E-state index in [-0.39, 0.29) is 0 Å². The number of nitrogens with one attached hydrogen (secondary N) is 1. The van der Waals surface area contributed by atoms with E-state index in [0.717, 1.165) is 16.9 Å². The van der Waals surface area contributed by atoms with Crippen molar-refractivity contribution in [3.63, 3.8) is 0 Å². The van der Waals surface area contributed by atoms with Crippen LogP contribution in [-0.2, 0) is 13.2 Å². The van der Waals surface area contributed by atoms with Crippen LogP contribution < -0.4 is 10.1 Å². The number of hydrogen-bond donors (Lipinski definition) is 2. The summed E-state index contributed by atoms with van der Waals surface area (Å²) in [4.78, 5) is 0. The molecule has 2 aromatic rings. The molecule has 0 unspecified atom stereocenters. The Kier molecular flexibility index (Phi) is 7.00. The lowest BCUT2D eigenvalue weighted by molar-refractivity contribution is 0.190. The molecule has 0 aliphatic heterocycles. The van der Waals surface area contributed by atoms with Gasteiger partial charge in [0.05, 0.1) is 16.1 Å². The predicted octanol–water partition coefficient (Wildman–Crippen LogP) is 4.70. The molecule has 0 bridgehead atoms. The minimum Gasteiger partial charge on any atom is -0.489 e. The van der Waals surface area contributed by atoms with Crippen LogP contribution in [0.2, 0.25) is 15.1 Å². The van der Waals surface area contributed by atoms with Crippen molar-refractivity contribution < 1.29 is 9.84 Å². The van der Waals surface area contributed by atoms with Crippen molar-refractivity contribution in [2.24, 2.45) is 0 Å². The van der Waals surface area contributed by atoms with E-state index < -0.39 is 6.10 Å². The molecular formula is C17H18Cl3NO2. The zero-order chi connectivity index (χ0) is 16.8.